The Labute approximate surface area is 96.1 Å². The van der Waals surface area contributed by atoms with E-state index in [0.717, 1.165) is 25.8 Å². The molecule has 0 saturated carbocycles. The maximum absolute atomic E-state index is 9.30. The van der Waals surface area contributed by atoms with E-state index in [0.29, 0.717) is 12.5 Å². The molecule has 1 aromatic heterocycles. The van der Waals surface area contributed by atoms with Crippen LogP contribution in [0.5, 0.6) is 0 Å². The van der Waals surface area contributed by atoms with Gasteiger partial charge in [-0.25, -0.2) is 4.98 Å². The summed E-state index contributed by atoms with van der Waals surface area (Å²) in [5.41, 5.74) is 5.51. The fourth-order valence-electron chi connectivity index (χ4n) is 3.09. The Kier molecular flexibility index (Phi) is 2.18. The Morgan fingerprint density at radius 2 is 2.06 bits per heavy atom. The number of nitrogens with zero attached hydrogens (tertiary/aromatic N) is 2. The van der Waals surface area contributed by atoms with E-state index in [9.17, 15) is 5.11 Å². The highest BCUT2D eigenvalue weighted by Crippen LogP contribution is 2.37. The average molecular weight is 218 g/mol. The second-order valence-corrected chi connectivity index (χ2v) is 5.08. The van der Waals surface area contributed by atoms with Crippen LogP contribution >= 0.6 is 0 Å². The number of likely N-dealkylation sites (N-methyl/N-ethyl adjacent to an activating group) is 1. The molecule has 1 atom stereocenters. The first-order valence-corrected chi connectivity index (χ1v) is 6.04. The largest absolute Gasteiger partial charge is 0.396 e. The molecule has 1 N–H and O–H groups in total. The van der Waals surface area contributed by atoms with Crippen molar-refractivity contribution in [3.8, 4) is 0 Å². The maximum Gasteiger partial charge on any atom is 0.132 e. The summed E-state index contributed by atoms with van der Waals surface area (Å²) in [7, 11) is 2.11. The van der Waals surface area contributed by atoms with Crippen molar-refractivity contribution in [2.24, 2.45) is 5.92 Å². The SMILES string of the molecule is Cc1nc2c(c3c1CC(CO)C3)CCN2C. The number of fused-ring (bicyclic) bond motifs is 3. The number of aliphatic hydroxyl groups is 1. The fourth-order valence-corrected chi connectivity index (χ4v) is 3.09. The average Bonchev–Trinajstić information content (AvgIpc) is 2.84. The number of hydrogen-bond acceptors (Lipinski definition) is 3. The van der Waals surface area contributed by atoms with Gasteiger partial charge in [0.25, 0.3) is 0 Å². The van der Waals surface area contributed by atoms with Crippen LogP contribution in [0.1, 0.15) is 22.4 Å². The van der Waals surface area contributed by atoms with Crippen molar-refractivity contribution in [2.75, 3.05) is 25.1 Å². The molecule has 1 aliphatic carbocycles. The van der Waals surface area contributed by atoms with Gasteiger partial charge in [-0.2, -0.15) is 0 Å². The zero-order valence-corrected chi connectivity index (χ0v) is 9.95. The van der Waals surface area contributed by atoms with Crippen LogP contribution in [0.25, 0.3) is 0 Å². The van der Waals surface area contributed by atoms with Crippen LogP contribution < -0.4 is 4.90 Å². The van der Waals surface area contributed by atoms with E-state index in [1.54, 1.807) is 0 Å². The number of aryl methyl sites for hydroxylation is 1. The van der Waals surface area contributed by atoms with Crippen LogP contribution in [0.4, 0.5) is 5.82 Å². The van der Waals surface area contributed by atoms with Crippen molar-refractivity contribution in [3.05, 3.63) is 22.4 Å². The molecule has 2 aliphatic rings. The highest BCUT2D eigenvalue weighted by Gasteiger charge is 2.30. The van der Waals surface area contributed by atoms with Crippen molar-refractivity contribution in [1.82, 2.24) is 4.98 Å². The third-order valence-electron chi connectivity index (χ3n) is 4.01. The predicted molar refractivity (Wildman–Crippen MR) is 63.9 cm³/mol. The summed E-state index contributed by atoms with van der Waals surface area (Å²) < 4.78 is 0. The Bertz CT molecular complexity index is 442. The Hall–Kier alpha value is -1.09. The Morgan fingerprint density at radius 1 is 1.31 bits per heavy atom. The zero-order valence-electron chi connectivity index (χ0n) is 9.95. The molecule has 3 heteroatoms. The summed E-state index contributed by atoms with van der Waals surface area (Å²) in [6, 6.07) is 0. The van der Waals surface area contributed by atoms with Gasteiger partial charge < -0.3 is 10.0 Å². The van der Waals surface area contributed by atoms with E-state index in [-0.39, 0.29) is 0 Å². The molecule has 3 nitrogen and oxygen atoms in total. The molecule has 0 amide bonds. The summed E-state index contributed by atoms with van der Waals surface area (Å²) in [5, 5.41) is 9.30. The van der Waals surface area contributed by atoms with Gasteiger partial charge in [-0.3, -0.25) is 0 Å². The monoisotopic (exact) mass is 218 g/mol. The Morgan fingerprint density at radius 3 is 2.81 bits per heavy atom. The highest BCUT2D eigenvalue weighted by molar-refractivity contribution is 5.59. The first-order valence-electron chi connectivity index (χ1n) is 6.04. The quantitative estimate of drug-likeness (QED) is 0.766. The van der Waals surface area contributed by atoms with E-state index in [2.05, 4.69) is 18.9 Å². The van der Waals surface area contributed by atoms with Gasteiger partial charge in [-0.05, 0) is 48.8 Å². The second kappa shape index (κ2) is 3.45. The lowest BCUT2D eigenvalue weighted by atomic mass is 10.0. The van der Waals surface area contributed by atoms with Gasteiger partial charge in [0, 0.05) is 25.9 Å². The molecule has 1 unspecified atom stereocenters. The van der Waals surface area contributed by atoms with E-state index < -0.39 is 0 Å². The molecule has 86 valence electrons. The molecule has 1 aromatic rings. The highest BCUT2D eigenvalue weighted by atomic mass is 16.3. The van der Waals surface area contributed by atoms with E-state index >= 15 is 0 Å². The molecule has 0 radical (unpaired) electrons. The number of hydrogen-bond donors (Lipinski definition) is 1. The first-order chi connectivity index (χ1) is 7.70. The van der Waals surface area contributed by atoms with Crippen molar-refractivity contribution >= 4 is 5.82 Å². The molecule has 0 saturated heterocycles. The number of rotatable bonds is 1. The lowest BCUT2D eigenvalue weighted by Crippen LogP contribution is -2.14. The van der Waals surface area contributed by atoms with E-state index in [1.165, 1.54) is 28.2 Å². The molecule has 0 bridgehead atoms. The van der Waals surface area contributed by atoms with Crippen LogP contribution in [-0.2, 0) is 19.3 Å². The fraction of sp³-hybridized carbons (Fsp3) is 0.615. The number of anilines is 1. The third-order valence-corrected chi connectivity index (χ3v) is 4.01. The van der Waals surface area contributed by atoms with Gasteiger partial charge in [0.15, 0.2) is 0 Å². The number of aliphatic hydroxyl groups excluding tert-OH is 1. The lowest BCUT2D eigenvalue weighted by Gasteiger charge is -2.14. The van der Waals surface area contributed by atoms with Gasteiger partial charge in [0.05, 0.1) is 0 Å². The second-order valence-electron chi connectivity index (χ2n) is 5.08. The molecular formula is C13H18N2O. The van der Waals surface area contributed by atoms with Crippen molar-refractivity contribution in [1.29, 1.82) is 0 Å². The normalized spacial score (nSPS) is 22.4. The van der Waals surface area contributed by atoms with Gasteiger partial charge in [-0.1, -0.05) is 0 Å². The van der Waals surface area contributed by atoms with Crippen LogP contribution in [0.3, 0.4) is 0 Å². The third kappa shape index (κ3) is 1.27. The standard InChI is InChI=1S/C13H18N2O/c1-8-11-5-9(7-16)6-12(11)10-3-4-15(2)13(10)14-8/h9,16H,3-7H2,1-2H3. The van der Waals surface area contributed by atoms with Gasteiger partial charge >= 0.3 is 0 Å². The van der Waals surface area contributed by atoms with Crippen LogP contribution in [0.15, 0.2) is 0 Å². The molecule has 1 aliphatic heterocycles. The molecule has 2 heterocycles. The minimum absolute atomic E-state index is 0.304. The molecule has 16 heavy (non-hydrogen) atoms. The van der Waals surface area contributed by atoms with Gasteiger partial charge in [0.1, 0.15) is 5.82 Å². The minimum Gasteiger partial charge on any atom is -0.396 e. The molecule has 0 spiro atoms. The van der Waals surface area contributed by atoms with Gasteiger partial charge in [0.2, 0.25) is 0 Å². The zero-order chi connectivity index (χ0) is 11.3. The van der Waals surface area contributed by atoms with Crippen LogP contribution in [0.2, 0.25) is 0 Å². The minimum atomic E-state index is 0.304. The van der Waals surface area contributed by atoms with E-state index in [4.69, 9.17) is 4.98 Å². The summed E-state index contributed by atoms with van der Waals surface area (Å²) >= 11 is 0. The molecular weight excluding hydrogens is 200 g/mol. The molecule has 3 rings (SSSR count). The van der Waals surface area contributed by atoms with E-state index in [1.807, 2.05) is 0 Å². The molecule has 0 fully saturated rings. The predicted octanol–water partition coefficient (Wildman–Crippen LogP) is 1.09. The summed E-state index contributed by atoms with van der Waals surface area (Å²) in [6.07, 6.45) is 3.19. The Balaban J connectivity index is 2.12. The summed E-state index contributed by atoms with van der Waals surface area (Å²) in [6.45, 7) is 3.49. The van der Waals surface area contributed by atoms with Crippen molar-refractivity contribution in [2.45, 2.75) is 26.2 Å². The first kappa shape index (κ1) is 10.1. The smallest absolute Gasteiger partial charge is 0.132 e. The molecule has 0 aromatic carbocycles. The topological polar surface area (TPSA) is 36.4 Å². The maximum atomic E-state index is 9.30. The lowest BCUT2D eigenvalue weighted by molar-refractivity contribution is 0.232. The number of pyridine rings is 1. The summed E-state index contributed by atoms with van der Waals surface area (Å²) in [5.74, 6) is 1.60. The van der Waals surface area contributed by atoms with Crippen molar-refractivity contribution < 1.29 is 5.11 Å². The van der Waals surface area contributed by atoms with Crippen LogP contribution in [0, 0.1) is 12.8 Å². The van der Waals surface area contributed by atoms with Crippen LogP contribution in [-0.4, -0.2) is 30.3 Å². The van der Waals surface area contributed by atoms with Crippen molar-refractivity contribution in [3.63, 3.8) is 0 Å². The number of aromatic nitrogens is 1. The summed E-state index contributed by atoms with van der Waals surface area (Å²) in [4.78, 5) is 6.96. The van der Waals surface area contributed by atoms with Gasteiger partial charge in [-0.15, -0.1) is 0 Å².